The largest absolute Gasteiger partial charge is 0.394 e. The minimum atomic E-state index is -0.963. The van der Waals surface area contributed by atoms with Crippen molar-refractivity contribution >= 4 is 5.91 Å². The summed E-state index contributed by atoms with van der Waals surface area (Å²) in [6, 6.07) is -0.771. The third-order valence-corrected chi connectivity index (χ3v) is 12.0. The van der Waals surface area contributed by atoms with Gasteiger partial charge in [0.1, 0.15) is 0 Å². The standard InChI is InChI=1S/C56H103NO4/c1-3-5-7-9-11-13-15-17-19-21-23-24-25-26-27-28-29-30-32-33-35-37-39-41-43-45-47-49-53(59)51-56(61)57-54(52-58)55(60)50-48-46-44-42-40-38-36-34-31-22-20-18-16-14-12-10-8-6-4-2/h23-24,26-27,31,34,40,42,48,50,53-55,58-60H,3-22,25,28-30,32-33,35-39,41,43-47,49,51-52H2,1-2H3,(H,57,61)/b24-23-,27-26-,34-31+,42-40+,50-48+. The van der Waals surface area contributed by atoms with Crippen molar-refractivity contribution in [3.05, 3.63) is 60.8 Å². The highest BCUT2D eigenvalue weighted by Gasteiger charge is 2.20. The van der Waals surface area contributed by atoms with Gasteiger partial charge in [-0.2, -0.15) is 0 Å². The van der Waals surface area contributed by atoms with Crippen LogP contribution in [0.15, 0.2) is 60.8 Å². The molecule has 4 N–H and O–H groups in total. The van der Waals surface area contributed by atoms with Crippen molar-refractivity contribution in [1.82, 2.24) is 5.32 Å². The Balaban J connectivity index is 3.66. The van der Waals surface area contributed by atoms with E-state index in [0.717, 1.165) is 44.9 Å². The molecule has 1 amide bonds. The van der Waals surface area contributed by atoms with Gasteiger partial charge < -0.3 is 20.6 Å². The lowest BCUT2D eigenvalue weighted by Crippen LogP contribution is -2.45. The number of aliphatic hydroxyl groups is 3. The van der Waals surface area contributed by atoms with E-state index in [1.165, 1.54) is 193 Å². The van der Waals surface area contributed by atoms with E-state index in [4.69, 9.17) is 0 Å². The van der Waals surface area contributed by atoms with E-state index >= 15 is 0 Å². The molecular weight excluding hydrogens is 751 g/mol. The number of rotatable bonds is 48. The van der Waals surface area contributed by atoms with Gasteiger partial charge in [-0.1, -0.05) is 242 Å². The second-order valence-corrected chi connectivity index (χ2v) is 18.1. The molecule has 0 aliphatic carbocycles. The number of unbranched alkanes of at least 4 members (excludes halogenated alkanes) is 31. The summed E-state index contributed by atoms with van der Waals surface area (Å²) in [5, 5.41) is 33.4. The topological polar surface area (TPSA) is 89.8 Å². The molecule has 0 aliphatic rings. The zero-order valence-corrected chi connectivity index (χ0v) is 40.5. The molecule has 0 saturated heterocycles. The third-order valence-electron chi connectivity index (χ3n) is 12.0. The molecule has 3 atom stereocenters. The average molecular weight is 854 g/mol. The van der Waals surface area contributed by atoms with Crippen LogP contribution < -0.4 is 5.32 Å². The van der Waals surface area contributed by atoms with Gasteiger partial charge in [0.15, 0.2) is 0 Å². The number of carbonyl (C=O) groups excluding carboxylic acids is 1. The number of aliphatic hydroxyl groups excluding tert-OH is 3. The molecule has 0 saturated carbocycles. The maximum absolute atomic E-state index is 12.5. The highest BCUT2D eigenvalue weighted by atomic mass is 16.3. The molecule has 0 aromatic heterocycles. The van der Waals surface area contributed by atoms with Gasteiger partial charge >= 0.3 is 0 Å². The zero-order chi connectivity index (χ0) is 44.4. The Morgan fingerprint density at radius 3 is 1.15 bits per heavy atom. The van der Waals surface area contributed by atoms with Crippen LogP contribution in [0.5, 0.6) is 0 Å². The number of allylic oxidation sites excluding steroid dienone is 9. The van der Waals surface area contributed by atoms with Crippen LogP contribution in [0.1, 0.15) is 264 Å². The van der Waals surface area contributed by atoms with Gasteiger partial charge in [-0.3, -0.25) is 4.79 Å². The molecule has 61 heavy (non-hydrogen) atoms. The van der Waals surface area contributed by atoms with Crippen LogP contribution in [0.25, 0.3) is 0 Å². The second kappa shape index (κ2) is 50.7. The molecule has 0 rings (SSSR count). The van der Waals surface area contributed by atoms with E-state index in [9.17, 15) is 20.1 Å². The normalized spacial score (nSPS) is 13.9. The average Bonchev–Trinajstić information content (AvgIpc) is 3.25. The lowest BCUT2D eigenvalue weighted by atomic mass is 10.0. The SMILES string of the molecule is CCCCCCCCCCC/C=C\C/C=C\CCCCCCCCCCCCCC(O)CC(=O)NC(CO)C(O)/C=C/CC/C=C/CC/C=C/CCCCCCCCCCC. The Bertz CT molecular complexity index is 1030. The summed E-state index contributed by atoms with van der Waals surface area (Å²) in [6.07, 6.45) is 68.2. The van der Waals surface area contributed by atoms with E-state index in [2.05, 4.69) is 67.8 Å². The van der Waals surface area contributed by atoms with Gasteiger partial charge in [0, 0.05) is 0 Å². The molecule has 0 spiro atoms. The Kier molecular flexibility index (Phi) is 49.1. The molecule has 0 aliphatic heterocycles. The Labute approximate surface area is 379 Å². The van der Waals surface area contributed by atoms with Crippen molar-refractivity contribution in [3.8, 4) is 0 Å². The molecule has 0 heterocycles. The summed E-state index contributed by atoms with van der Waals surface area (Å²) < 4.78 is 0. The van der Waals surface area contributed by atoms with Crippen molar-refractivity contribution in [3.63, 3.8) is 0 Å². The predicted molar refractivity (Wildman–Crippen MR) is 268 cm³/mol. The van der Waals surface area contributed by atoms with E-state index in [0.29, 0.717) is 6.42 Å². The summed E-state index contributed by atoms with van der Waals surface area (Å²) in [7, 11) is 0. The lowest BCUT2D eigenvalue weighted by Gasteiger charge is -2.21. The summed E-state index contributed by atoms with van der Waals surface area (Å²) in [6.45, 7) is 4.21. The first-order valence-electron chi connectivity index (χ1n) is 26.6. The first kappa shape index (κ1) is 59.0. The lowest BCUT2D eigenvalue weighted by molar-refractivity contribution is -0.124. The van der Waals surface area contributed by atoms with Gasteiger partial charge in [-0.15, -0.1) is 0 Å². The van der Waals surface area contributed by atoms with Crippen molar-refractivity contribution in [1.29, 1.82) is 0 Å². The Morgan fingerprint density at radius 1 is 0.426 bits per heavy atom. The van der Waals surface area contributed by atoms with Crippen LogP contribution in [-0.4, -0.2) is 46.1 Å². The van der Waals surface area contributed by atoms with Gasteiger partial charge in [0.05, 0.1) is 31.3 Å². The molecule has 3 unspecified atom stereocenters. The molecule has 0 aromatic carbocycles. The molecule has 0 radical (unpaired) electrons. The minimum absolute atomic E-state index is 0.000716. The second-order valence-electron chi connectivity index (χ2n) is 18.1. The first-order chi connectivity index (χ1) is 30.0. The van der Waals surface area contributed by atoms with Gasteiger partial charge in [-0.05, 0) is 77.0 Å². The van der Waals surface area contributed by atoms with Gasteiger partial charge in [-0.25, -0.2) is 0 Å². The fourth-order valence-electron chi connectivity index (χ4n) is 7.93. The summed E-state index contributed by atoms with van der Waals surface area (Å²) >= 11 is 0. The highest BCUT2D eigenvalue weighted by molar-refractivity contribution is 5.76. The van der Waals surface area contributed by atoms with Crippen LogP contribution in [0.3, 0.4) is 0 Å². The Morgan fingerprint density at radius 2 is 0.754 bits per heavy atom. The van der Waals surface area contributed by atoms with E-state index < -0.39 is 18.2 Å². The third kappa shape index (κ3) is 47.4. The fourth-order valence-corrected chi connectivity index (χ4v) is 7.93. The molecule has 5 heteroatoms. The summed E-state index contributed by atoms with van der Waals surface area (Å²) in [4.78, 5) is 12.5. The number of amides is 1. The van der Waals surface area contributed by atoms with E-state index in [-0.39, 0.29) is 18.9 Å². The zero-order valence-electron chi connectivity index (χ0n) is 40.5. The Hall–Kier alpha value is -1.95. The molecule has 356 valence electrons. The van der Waals surface area contributed by atoms with Crippen LogP contribution in [-0.2, 0) is 4.79 Å². The predicted octanol–water partition coefficient (Wildman–Crippen LogP) is 16.2. The van der Waals surface area contributed by atoms with Crippen molar-refractivity contribution in [2.75, 3.05) is 6.61 Å². The fraction of sp³-hybridized carbons (Fsp3) is 0.804. The van der Waals surface area contributed by atoms with Crippen LogP contribution in [0.2, 0.25) is 0 Å². The number of hydrogen-bond acceptors (Lipinski definition) is 4. The maximum atomic E-state index is 12.5. The summed E-state index contributed by atoms with van der Waals surface area (Å²) in [5.74, 6) is -0.330. The monoisotopic (exact) mass is 854 g/mol. The number of carbonyl (C=O) groups is 1. The maximum Gasteiger partial charge on any atom is 0.222 e. The first-order valence-corrected chi connectivity index (χ1v) is 26.6. The minimum Gasteiger partial charge on any atom is -0.394 e. The van der Waals surface area contributed by atoms with Crippen molar-refractivity contribution in [2.45, 2.75) is 283 Å². The molecule has 0 bridgehead atoms. The van der Waals surface area contributed by atoms with Crippen LogP contribution in [0.4, 0.5) is 0 Å². The number of nitrogens with one attached hydrogen (secondary N) is 1. The molecule has 5 nitrogen and oxygen atoms in total. The molecule has 0 aromatic rings. The number of hydrogen-bond donors (Lipinski definition) is 4. The van der Waals surface area contributed by atoms with Gasteiger partial charge in [0.2, 0.25) is 5.91 Å². The highest BCUT2D eigenvalue weighted by Crippen LogP contribution is 2.15. The molecular formula is C56H103NO4. The molecule has 0 fully saturated rings. The smallest absolute Gasteiger partial charge is 0.222 e. The van der Waals surface area contributed by atoms with E-state index in [1.54, 1.807) is 6.08 Å². The van der Waals surface area contributed by atoms with Gasteiger partial charge in [0.25, 0.3) is 0 Å². The van der Waals surface area contributed by atoms with Crippen LogP contribution >= 0.6 is 0 Å². The van der Waals surface area contributed by atoms with Crippen molar-refractivity contribution < 1.29 is 20.1 Å². The summed E-state index contributed by atoms with van der Waals surface area (Å²) in [5.41, 5.74) is 0. The van der Waals surface area contributed by atoms with Crippen LogP contribution in [0, 0.1) is 0 Å². The van der Waals surface area contributed by atoms with E-state index in [1.807, 2.05) is 6.08 Å². The quantitative estimate of drug-likeness (QED) is 0.0363. The van der Waals surface area contributed by atoms with Crippen molar-refractivity contribution in [2.24, 2.45) is 0 Å².